The number of halogens is 1. The van der Waals surface area contributed by atoms with Crippen LogP contribution in [0.25, 0.3) is 0 Å². The van der Waals surface area contributed by atoms with Crippen molar-refractivity contribution >= 4 is 23.2 Å². The van der Waals surface area contributed by atoms with E-state index in [-0.39, 0.29) is 11.9 Å². The van der Waals surface area contributed by atoms with Gasteiger partial charge in [0.15, 0.2) is 0 Å². The molecule has 4 nitrogen and oxygen atoms in total. The van der Waals surface area contributed by atoms with Gasteiger partial charge in [-0.05, 0) is 43.9 Å². The number of ether oxygens (including phenoxy) is 1. The molecule has 1 amide bonds. The predicted molar refractivity (Wildman–Crippen MR) is 94.9 cm³/mol. The first-order valence-corrected chi connectivity index (χ1v) is 8.75. The first-order chi connectivity index (χ1) is 11.0. The molecule has 1 aromatic rings. The summed E-state index contributed by atoms with van der Waals surface area (Å²) in [6.07, 6.45) is 2.31. The Kier molecular flexibility index (Phi) is 6.88. The van der Waals surface area contributed by atoms with Crippen molar-refractivity contribution in [1.82, 2.24) is 4.90 Å². The zero-order chi connectivity index (χ0) is 16.8. The highest BCUT2D eigenvalue weighted by Gasteiger charge is 2.27. The predicted octanol–water partition coefficient (Wildman–Crippen LogP) is 3.80. The fourth-order valence-electron chi connectivity index (χ4n) is 2.74. The number of carbonyl (C=O) groups excluding carboxylic acids is 1. The largest absolute Gasteiger partial charge is 0.378 e. The fourth-order valence-corrected chi connectivity index (χ4v) is 2.93. The Labute approximate surface area is 144 Å². The van der Waals surface area contributed by atoms with Gasteiger partial charge in [-0.25, -0.2) is 0 Å². The summed E-state index contributed by atoms with van der Waals surface area (Å²) in [7, 11) is 0. The average molecular weight is 339 g/mol. The maximum absolute atomic E-state index is 12.4. The third-order valence-corrected chi connectivity index (χ3v) is 4.40. The van der Waals surface area contributed by atoms with Gasteiger partial charge in [-0.2, -0.15) is 0 Å². The van der Waals surface area contributed by atoms with E-state index in [4.69, 9.17) is 16.3 Å². The molecule has 128 valence electrons. The third kappa shape index (κ3) is 5.79. The second kappa shape index (κ2) is 8.67. The number of nitrogens with one attached hydrogen (secondary N) is 1. The molecule has 1 aromatic carbocycles. The standard InChI is InChI=1S/C18H27ClN2O2/c1-13(2)12-23-17-7-9-21(10-8-17)14(3)18(22)20-16-6-4-5-15(19)11-16/h4-6,11,13-14,17H,7-10,12H2,1-3H3,(H,20,22). The summed E-state index contributed by atoms with van der Waals surface area (Å²) in [5.74, 6) is 0.573. The maximum atomic E-state index is 12.4. The number of benzene rings is 1. The van der Waals surface area contributed by atoms with Crippen LogP contribution in [-0.4, -0.2) is 42.6 Å². The number of anilines is 1. The highest BCUT2D eigenvalue weighted by molar-refractivity contribution is 6.30. The minimum absolute atomic E-state index is 0.00816. The van der Waals surface area contributed by atoms with Crippen LogP contribution in [0.2, 0.25) is 5.02 Å². The zero-order valence-electron chi connectivity index (χ0n) is 14.2. The minimum atomic E-state index is -0.153. The van der Waals surface area contributed by atoms with E-state index in [2.05, 4.69) is 24.1 Å². The number of nitrogens with zero attached hydrogens (tertiary/aromatic N) is 1. The van der Waals surface area contributed by atoms with Crippen molar-refractivity contribution in [3.63, 3.8) is 0 Å². The maximum Gasteiger partial charge on any atom is 0.241 e. The van der Waals surface area contributed by atoms with Gasteiger partial charge in [0.25, 0.3) is 0 Å². The van der Waals surface area contributed by atoms with E-state index in [1.54, 1.807) is 12.1 Å². The molecule has 0 aromatic heterocycles. The van der Waals surface area contributed by atoms with E-state index >= 15 is 0 Å². The molecule has 1 saturated heterocycles. The molecule has 0 saturated carbocycles. The van der Waals surface area contributed by atoms with Gasteiger partial charge in [0.1, 0.15) is 0 Å². The van der Waals surface area contributed by atoms with E-state index < -0.39 is 0 Å². The Morgan fingerprint density at radius 2 is 2.04 bits per heavy atom. The number of rotatable bonds is 6. The first kappa shape index (κ1) is 18.2. The number of carbonyl (C=O) groups is 1. The molecule has 1 atom stereocenters. The van der Waals surface area contributed by atoms with Gasteiger partial charge in [0.05, 0.1) is 12.1 Å². The summed E-state index contributed by atoms with van der Waals surface area (Å²) < 4.78 is 5.90. The lowest BCUT2D eigenvalue weighted by Crippen LogP contribution is -2.47. The number of likely N-dealkylation sites (tertiary alicyclic amines) is 1. The molecule has 0 aliphatic carbocycles. The van der Waals surface area contributed by atoms with Crippen molar-refractivity contribution < 1.29 is 9.53 Å². The van der Waals surface area contributed by atoms with Crippen LogP contribution in [0.1, 0.15) is 33.6 Å². The highest BCUT2D eigenvalue weighted by Crippen LogP contribution is 2.19. The Morgan fingerprint density at radius 3 is 2.65 bits per heavy atom. The lowest BCUT2D eigenvalue weighted by molar-refractivity contribution is -0.122. The third-order valence-electron chi connectivity index (χ3n) is 4.16. The Balaban J connectivity index is 1.79. The molecule has 1 unspecified atom stereocenters. The molecule has 0 spiro atoms. The first-order valence-electron chi connectivity index (χ1n) is 8.37. The highest BCUT2D eigenvalue weighted by atomic mass is 35.5. The molecular formula is C18H27ClN2O2. The van der Waals surface area contributed by atoms with Crippen molar-refractivity contribution in [2.45, 2.75) is 45.8 Å². The number of piperidine rings is 1. The van der Waals surface area contributed by atoms with Gasteiger partial charge < -0.3 is 10.1 Å². The van der Waals surface area contributed by atoms with Crippen LogP contribution >= 0.6 is 11.6 Å². The quantitative estimate of drug-likeness (QED) is 0.857. The second-order valence-corrected chi connectivity index (χ2v) is 7.07. The molecule has 23 heavy (non-hydrogen) atoms. The van der Waals surface area contributed by atoms with Crippen molar-refractivity contribution in [3.05, 3.63) is 29.3 Å². The lowest BCUT2D eigenvalue weighted by Gasteiger charge is -2.35. The van der Waals surface area contributed by atoms with E-state index in [1.807, 2.05) is 19.1 Å². The van der Waals surface area contributed by atoms with Crippen molar-refractivity contribution in [1.29, 1.82) is 0 Å². The average Bonchev–Trinajstić information content (AvgIpc) is 2.52. The van der Waals surface area contributed by atoms with Crippen molar-refractivity contribution in [2.75, 3.05) is 25.0 Å². The van der Waals surface area contributed by atoms with Gasteiger partial charge in [-0.3, -0.25) is 9.69 Å². The SMILES string of the molecule is CC(C)COC1CCN(C(C)C(=O)Nc2cccc(Cl)c2)CC1. The molecule has 1 fully saturated rings. The van der Waals surface area contributed by atoms with E-state index in [0.29, 0.717) is 17.0 Å². The van der Waals surface area contributed by atoms with E-state index in [9.17, 15) is 4.79 Å². The molecule has 0 bridgehead atoms. The Morgan fingerprint density at radius 1 is 1.35 bits per heavy atom. The van der Waals surface area contributed by atoms with Crippen LogP contribution in [0, 0.1) is 5.92 Å². The summed E-state index contributed by atoms with van der Waals surface area (Å²) in [5, 5.41) is 3.56. The molecule has 5 heteroatoms. The number of hydrogen-bond donors (Lipinski definition) is 1. The molecule has 2 rings (SSSR count). The van der Waals surface area contributed by atoms with Crippen LogP contribution in [0.3, 0.4) is 0 Å². The second-order valence-electron chi connectivity index (χ2n) is 6.64. The molecule has 1 aliphatic heterocycles. The van der Waals surface area contributed by atoms with Crippen LogP contribution in [0.5, 0.6) is 0 Å². The summed E-state index contributed by atoms with van der Waals surface area (Å²) in [6.45, 7) is 8.89. The summed E-state index contributed by atoms with van der Waals surface area (Å²) in [5.41, 5.74) is 0.740. The van der Waals surface area contributed by atoms with Crippen LogP contribution < -0.4 is 5.32 Å². The van der Waals surface area contributed by atoms with Gasteiger partial charge in [-0.15, -0.1) is 0 Å². The number of hydrogen-bond acceptors (Lipinski definition) is 3. The summed E-state index contributed by atoms with van der Waals surface area (Å²) in [4.78, 5) is 14.6. The summed E-state index contributed by atoms with van der Waals surface area (Å²) >= 11 is 5.95. The van der Waals surface area contributed by atoms with Gasteiger partial charge in [0.2, 0.25) is 5.91 Å². The summed E-state index contributed by atoms with van der Waals surface area (Å²) in [6, 6.07) is 7.09. The monoisotopic (exact) mass is 338 g/mol. The van der Waals surface area contributed by atoms with Gasteiger partial charge in [0, 0.05) is 30.4 Å². The molecule has 1 heterocycles. The minimum Gasteiger partial charge on any atom is -0.378 e. The number of amides is 1. The molecule has 0 radical (unpaired) electrons. The van der Waals surface area contributed by atoms with Gasteiger partial charge in [-0.1, -0.05) is 31.5 Å². The van der Waals surface area contributed by atoms with E-state index in [0.717, 1.165) is 38.2 Å². The smallest absolute Gasteiger partial charge is 0.241 e. The Bertz CT molecular complexity index is 513. The molecule has 1 aliphatic rings. The van der Waals surface area contributed by atoms with Crippen LogP contribution in [0.15, 0.2) is 24.3 Å². The lowest BCUT2D eigenvalue weighted by atomic mass is 10.1. The van der Waals surface area contributed by atoms with E-state index in [1.165, 1.54) is 0 Å². The fraction of sp³-hybridized carbons (Fsp3) is 0.611. The Hall–Kier alpha value is -1.10. The topological polar surface area (TPSA) is 41.6 Å². The zero-order valence-corrected chi connectivity index (χ0v) is 15.0. The van der Waals surface area contributed by atoms with Crippen molar-refractivity contribution in [2.24, 2.45) is 5.92 Å². The molecule has 1 N–H and O–H groups in total. The van der Waals surface area contributed by atoms with Gasteiger partial charge >= 0.3 is 0 Å². The normalized spacial score (nSPS) is 18.1. The van der Waals surface area contributed by atoms with Crippen LogP contribution in [0.4, 0.5) is 5.69 Å². The van der Waals surface area contributed by atoms with Crippen LogP contribution in [-0.2, 0) is 9.53 Å². The van der Waals surface area contributed by atoms with Crippen molar-refractivity contribution in [3.8, 4) is 0 Å². The molecular weight excluding hydrogens is 312 g/mol.